The Balaban J connectivity index is 1.08. The van der Waals surface area contributed by atoms with Crippen molar-refractivity contribution in [3.8, 4) is 0 Å². The number of fused-ring (bicyclic) bond motifs is 2. The standard InChI is InChI=1S/C45H54FN9O8/c1-22(2)38(51-44(60)61)42(58)53-20-28(56)18-36(53)40-47-30-12-6-24(16-32(30)49-40)34-14-15-35(55(34)27-10-8-26(46)9-11-27)25-7-13-31-33(17-25)50-41(48-31)37-19-29(57)21-54(37)43(59)39(23(3)4)52-45(62)63-5/h6-13,16-17,22-23,28-29,34-39,51,56-57H,14-15,18-21H2,1-5H3,(H,47,49)(H,48,50)(H,52,62)(H,60,61)/t28-,29-,34+,35+,36-,37-,38-,39-/m0/s1. The van der Waals surface area contributed by atoms with E-state index in [-0.39, 0.29) is 61.6 Å². The molecule has 7 N–H and O–H groups in total. The second-order valence-electron chi connectivity index (χ2n) is 17.6. The summed E-state index contributed by atoms with van der Waals surface area (Å²) in [5, 5.41) is 35.8. The summed E-state index contributed by atoms with van der Waals surface area (Å²) >= 11 is 0. The second kappa shape index (κ2) is 17.5. The first kappa shape index (κ1) is 43.4. The van der Waals surface area contributed by atoms with Gasteiger partial charge in [-0.05, 0) is 84.3 Å². The number of H-pyrrole nitrogens is 2. The number of rotatable bonds is 11. The SMILES string of the molecule is COC(=O)N[C@H](C(=O)N1C[C@@H](O)C[C@H]1c1nc2ccc([C@H]3CC[C@H](c4ccc5nc([C@@H]6C[C@H](O)CN6C(=O)[C@@H](NC(=O)O)C(C)C)[nH]c5c4)N3c3ccc(F)cc3)cc2[nH]1)C(C)C. The molecule has 3 saturated heterocycles. The van der Waals surface area contributed by atoms with Crippen LogP contribution in [0.5, 0.6) is 0 Å². The minimum atomic E-state index is -1.30. The van der Waals surface area contributed by atoms with E-state index in [9.17, 15) is 38.9 Å². The van der Waals surface area contributed by atoms with Gasteiger partial charge in [0.2, 0.25) is 11.8 Å². The highest BCUT2D eigenvalue weighted by atomic mass is 19.1. The Morgan fingerprint density at radius 3 is 1.60 bits per heavy atom. The van der Waals surface area contributed by atoms with E-state index in [1.807, 2.05) is 50.2 Å². The Morgan fingerprint density at radius 1 is 0.714 bits per heavy atom. The summed E-state index contributed by atoms with van der Waals surface area (Å²) in [5.41, 5.74) is 5.66. The zero-order valence-electron chi connectivity index (χ0n) is 35.8. The summed E-state index contributed by atoms with van der Waals surface area (Å²) in [6.45, 7) is 7.32. The number of β-amino-alcohol motifs (C(OH)–C–C–N with tert-alkyl or cyclic N) is 2. The minimum Gasteiger partial charge on any atom is -0.465 e. The van der Waals surface area contributed by atoms with Crippen LogP contribution in [-0.4, -0.2) is 114 Å². The van der Waals surface area contributed by atoms with Gasteiger partial charge in [0, 0.05) is 31.6 Å². The van der Waals surface area contributed by atoms with E-state index in [2.05, 4.69) is 25.5 Å². The molecule has 8 rings (SSSR count). The Bertz CT molecular complexity index is 2510. The van der Waals surface area contributed by atoms with E-state index in [0.717, 1.165) is 40.7 Å². The molecule has 5 heterocycles. The van der Waals surface area contributed by atoms with Crippen molar-refractivity contribution in [1.29, 1.82) is 0 Å². The summed E-state index contributed by atoms with van der Waals surface area (Å²) in [5.74, 6) is -0.655. The van der Waals surface area contributed by atoms with E-state index >= 15 is 0 Å². The van der Waals surface area contributed by atoms with Gasteiger partial charge in [-0.25, -0.2) is 23.9 Å². The molecule has 63 heavy (non-hydrogen) atoms. The fourth-order valence-corrected chi connectivity index (χ4v) is 9.60. The van der Waals surface area contributed by atoms with Crippen LogP contribution in [0.25, 0.3) is 22.1 Å². The van der Waals surface area contributed by atoms with Crippen LogP contribution in [0.2, 0.25) is 0 Å². The number of nitrogens with one attached hydrogen (secondary N) is 4. The van der Waals surface area contributed by atoms with Gasteiger partial charge in [0.1, 0.15) is 29.5 Å². The van der Waals surface area contributed by atoms with Crippen molar-refractivity contribution in [1.82, 2.24) is 40.4 Å². The molecule has 3 aliphatic heterocycles. The van der Waals surface area contributed by atoms with Gasteiger partial charge < -0.3 is 55.4 Å². The van der Waals surface area contributed by atoms with Gasteiger partial charge >= 0.3 is 12.2 Å². The van der Waals surface area contributed by atoms with Crippen LogP contribution in [0, 0.1) is 17.7 Å². The number of carboxylic acid groups (broad SMARTS) is 1. The number of hydrogen-bond acceptors (Lipinski definition) is 10. The lowest BCUT2D eigenvalue weighted by atomic mass is 10.0. The summed E-state index contributed by atoms with van der Waals surface area (Å²) in [7, 11) is 1.24. The van der Waals surface area contributed by atoms with Crippen LogP contribution in [0.1, 0.15) is 100 Å². The van der Waals surface area contributed by atoms with Crippen LogP contribution in [0.15, 0.2) is 60.7 Å². The number of hydrogen-bond donors (Lipinski definition) is 7. The maximum absolute atomic E-state index is 14.3. The van der Waals surface area contributed by atoms with Crippen molar-refractivity contribution in [2.45, 2.75) is 102 Å². The number of imidazole rings is 2. The predicted molar refractivity (Wildman–Crippen MR) is 230 cm³/mol. The number of ether oxygens (including phenoxy) is 1. The fourth-order valence-electron chi connectivity index (χ4n) is 9.60. The number of likely N-dealkylation sites (tertiary alicyclic amines) is 2. The third-order valence-electron chi connectivity index (χ3n) is 12.7. The number of aromatic amines is 2. The van der Waals surface area contributed by atoms with Crippen molar-refractivity contribution < 1.29 is 43.6 Å². The molecular formula is C45H54FN9O8. The molecule has 0 unspecified atom stereocenters. The zero-order valence-corrected chi connectivity index (χ0v) is 35.8. The summed E-state index contributed by atoms with van der Waals surface area (Å²) in [6, 6.07) is 15.2. The number of nitrogens with zero attached hydrogens (tertiary/aromatic N) is 5. The molecule has 4 amide bonds. The quantitative estimate of drug-likeness (QED) is 0.0864. The average molecular weight is 868 g/mol. The minimum absolute atomic E-state index is 0.0504. The number of alkyl carbamates (subject to hydrolysis) is 1. The van der Waals surface area contributed by atoms with E-state index in [1.54, 1.807) is 30.9 Å². The number of carbonyl (C=O) groups excluding carboxylic acids is 3. The molecule has 0 saturated carbocycles. The monoisotopic (exact) mass is 867 g/mol. The third-order valence-corrected chi connectivity index (χ3v) is 12.7. The number of anilines is 1. The molecule has 2 aromatic heterocycles. The van der Waals surface area contributed by atoms with Crippen molar-refractivity contribution in [3.05, 3.63) is 89.3 Å². The predicted octanol–water partition coefficient (Wildman–Crippen LogP) is 5.60. The normalized spacial score (nSPS) is 23.6. The summed E-state index contributed by atoms with van der Waals surface area (Å²) < 4.78 is 19.1. The number of carbonyl (C=O) groups is 4. The first-order valence-electron chi connectivity index (χ1n) is 21.4. The fraction of sp³-hybridized carbons (Fsp3) is 0.467. The molecule has 0 spiro atoms. The van der Waals surface area contributed by atoms with Crippen molar-refractivity contribution >= 4 is 51.8 Å². The van der Waals surface area contributed by atoms with Crippen LogP contribution < -0.4 is 15.5 Å². The summed E-state index contributed by atoms with van der Waals surface area (Å²) in [4.78, 5) is 73.0. The lowest BCUT2D eigenvalue weighted by molar-refractivity contribution is -0.136. The molecule has 3 aromatic carbocycles. The zero-order chi connectivity index (χ0) is 44.9. The Kier molecular flexibility index (Phi) is 12.0. The Hall–Kier alpha value is -6.27. The van der Waals surface area contributed by atoms with E-state index in [0.29, 0.717) is 22.7 Å². The number of benzene rings is 3. The topological polar surface area (TPSA) is 229 Å². The molecular weight excluding hydrogens is 814 g/mol. The molecule has 3 aliphatic rings. The van der Waals surface area contributed by atoms with Crippen LogP contribution in [0.4, 0.5) is 19.7 Å². The van der Waals surface area contributed by atoms with E-state index in [4.69, 9.17) is 14.7 Å². The van der Waals surface area contributed by atoms with Crippen molar-refractivity contribution in [2.75, 3.05) is 25.1 Å². The number of amides is 4. The highest BCUT2D eigenvalue weighted by Crippen LogP contribution is 2.48. The number of aliphatic hydroxyl groups is 2. The number of aromatic nitrogens is 4. The average Bonchev–Trinajstić information content (AvgIpc) is 4.10. The maximum atomic E-state index is 14.3. The summed E-state index contributed by atoms with van der Waals surface area (Å²) in [6.07, 6.45) is -1.56. The van der Waals surface area contributed by atoms with Gasteiger partial charge in [0.05, 0.1) is 65.6 Å². The third kappa shape index (κ3) is 8.61. The Labute approximate surface area is 363 Å². The lowest BCUT2D eigenvalue weighted by Crippen LogP contribution is -2.51. The van der Waals surface area contributed by atoms with Gasteiger partial charge in [-0.2, -0.15) is 0 Å². The first-order valence-corrected chi connectivity index (χ1v) is 21.4. The van der Waals surface area contributed by atoms with Crippen molar-refractivity contribution in [2.24, 2.45) is 11.8 Å². The highest BCUT2D eigenvalue weighted by Gasteiger charge is 2.43. The molecule has 3 fully saturated rings. The van der Waals surface area contributed by atoms with E-state index < -0.39 is 54.5 Å². The largest absolute Gasteiger partial charge is 0.465 e. The highest BCUT2D eigenvalue weighted by molar-refractivity contribution is 5.87. The lowest BCUT2D eigenvalue weighted by Gasteiger charge is -2.33. The van der Waals surface area contributed by atoms with Crippen LogP contribution in [-0.2, 0) is 14.3 Å². The smallest absolute Gasteiger partial charge is 0.407 e. The van der Waals surface area contributed by atoms with Gasteiger partial charge in [0.25, 0.3) is 0 Å². The van der Waals surface area contributed by atoms with Crippen LogP contribution >= 0.6 is 0 Å². The molecule has 0 aliphatic carbocycles. The molecule has 5 aromatic rings. The molecule has 18 heteroatoms. The van der Waals surface area contributed by atoms with Crippen molar-refractivity contribution in [3.63, 3.8) is 0 Å². The molecule has 0 bridgehead atoms. The number of halogens is 1. The molecule has 334 valence electrons. The molecule has 17 nitrogen and oxygen atoms in total. The maximum Gasteiger partial charge on any atom is 0.407 e. The van der Waals surface area contributed by atoms with Gasteiger partial charge in [0.15, 0.2) is 0 Å². The van der Waals surface area contributed by atoms with Crippen LogP contribution in [0.3, 0.4) is 0 Å². The Morgan fingerprint density at radius 2 is 1.17 bits per heavy atom. The number of methoxy groups -OCH3 is 1. The van der Waals surface area contributed by atoms with Gasteiger partial charge in [-0.15, -0.1) is 0 Å². The first-order chi connectivity index (χ1) is 30.1. The van der Waals surface area contributed by atoms with E-state index in [1.165, 1.54) is 24.1 Å². The number of aliphatic hydroxyl groups excluding tert-OH is 2. The molecule has 8 atom stereocenters. The van der Waals surface area contributed by atoms with Gasteiger partial charge in [-0.1, -0.05) is 39.8 Å². The van der Waals surface area contributed by atoms with Gasteiger partial charge in [-0.3, -0.25) is 9.59 Å². The molecule has 0 radical (unpaired) electrons. The second-order valence-corrected chi connectivity index (χ2v) is 17.6.